The number of nitrogens with one attached hydrogen (secondary N) is 1. The highest BCUT2D eigenvalue weighted by atomic mass is 19.1. The molecule has 100 valence electrons. The molecule has 18 heavy (non-hydrogen) atoms. The van der Waals surface area contributed by atoms with Gasteiger partial charge in [-0.15, -0.1) is 0 Å². The van der Waals surface area contributed by atoms with Gasteiger partial charge in [-0.25, -0.2) is 4.39 Å². The Morgan fingerprint density at radius 3 is 2.89 bits per heavy atom. The monoisotopic (exact) mass is 251 g/mol. The predicted molar refractivity (Wildman–Crippen MR) is 71.4 cm³/mol. The summed E-state index contributed by atoms with van der Waals surface area (Å²) in [6.07, 6.45) is 3.64. The maximum Gasteiger partial charge on any atom is 0.165 e. The van der Waals surface area contributed by atoms with Gasteiger partial charge in [0.25, 0.3) is 0 Å². The number of benzene rings is 1. The van der Waals surface area contributed by atoms with E-state index in [0.29, 0.717) is 24.3 Å². The number of hydrogen-bond donors (Lipinski definition) is 1. The molecule has 0 amide bonds. The van der Waals surface area contributed by atoms with Crippen molar-refractivity contribution in [1.29, 1.82) is 0 Å². The third-order valence-electron chi connectivity index (χ3n) is 3.35. The Balaban J connectivity index is 1.89. The second-order valence-electron chi connectivity index (χ2n) is 5.14. The van der Waals surface area contributed by atoms with E-state index >= 15 is 0 Å². The summed E-state index contributed by atoms with van der Waals surface area (Å²) in [4.78, 5) is 0. The second kappa shape index (κ2) is 6.19. The Kier molecular flexibility index (Phi) is 4.59. The van der Waals surface area contributed by atoms with Crippen LogP contribution in [0, 0.1) is 18.7 Å². The van der Waals surface area contributed by atoms with Gasteiger partial charge >= 0.3 is 0 Å². The normalized spacial score (nSPS) is 16.6. The van der Waals surface area contributed by atoms with Crippen LogP contribution in [0.1, 0.15) is 31.7 Å². The van der Waals surface area contributed by atoms with E-state index in [1.54, 1.807) is 12.1 Å². The molecule has 1 atom stereocenters. The average Bonchev–Trinajstić information content (AvgIpc) is 3.17. The minimum atomic E-state index is -0.273. The molecule has 0 aliphatic heterocycles. The Bertz CT molecular complexity index is 390. The van der Waals surface area contributed by atoms with Gasteiger partial charge in [-0.1, -0.05) is 13.0 Å². The van der Waals surface area contributed by atoms with Crippen LogP contribution in [-0.2, 0) is 0 Å². The molecule has 1 aliphatic rings. The molecular formula is C15H22FNO. The Morgan fingerprint density at radius 1 is 1.44 bits per heavy atom. The van der Waals surface area contributed by atoms with Crippen LogP contribution in [0.15, 0.2) is 18.2 Å². The van der Waals surface area contributed by atoms with Crippen molar-refractivity contribution >= 4 is 0 Å². The van der Waals surface area contributed by atoms with Gasteiger partial charge in [-0.2, -0.15) is 0 Å². The van der Waals surface area contributed by atoms with E-state index in [1.807, 2.05) is 6.92 Å². The van der Waals surface area contributed by atoms with E-state index in [0.717, 1.165) is 18.5 Å². The Hall–Kier alpha value is -1.09. The molecule has 1 fully saturated rings. The Labute approximate surface area is 109 Å². The van der Waals surface area contributed by atoms with E-state index < -0.39 is 0 Å². The lowest BCUT2D eigenvalue weighted by Crippen LogP contribution is -2.37. The smallest absolute Gasteiger partial charge is 0.165 e. The highest BCUT2D eigenvalue weighted by Gasteiger charge is 2.31. The summed E-state index contributed by atoms with van der Waals surface area (Å²) in [5.74, 6) is 0.814. The molecule has 2 rings (SSSR count). The first kappa shape index (κ1) is 13.3. The van der Waals surface area contributed by atoms with Crippen molar-refractivity contribution in [2.24, 2.45) is 5.92 Å². The highest BCUT2D eigenvalue weighted by molar-refractivity contribution is 5.29. The van der Waals surface area contributed by atoms with E-state index in [-0.39, 0.29) is 5.82 Å². The van der Waals surface area contributed by atoms with E-state index in [2.05, 4.69) is 12.2 Å². The van der Waals surface area contributed by atoms with E-state index in [1.165, 1.54) is 18.9 Å². The van der Waals surface area contributed by atoms with E-state index in [4.69, 9.17) is 4.74 Å². The highest BCUT2D eigenvalue weighted by Crippen LogP contribution is 2.33. The van der Waals surface area contributed by atoms with Crippen LogP contribution in [0.3, 0.4) is 0 Å². The lowest BCUT2D eigenvalue weighted by atomic mass is 10.2. The largest absolute Gasteiger partial charge is 0.489 e. The van der Waals surface area contributed by atoms with Crippen LogP contribution >= 0.6 is 0 Å². The van der Waals surface area contributed by atoms with Crippen LogP contribution in [-0.4, -0.2) is 19.2 Å². The SMILES string of the molecule is CCCNC(COc1cc(C)ccc1F)C1CC1. The zero-order valence-electron chi connectivity index (χ0n) is 11.2. The van der Waals surface area contributed by atoms with Crippen LogP contribution in [0.5, 0.6) is 5.75 Å². The molecule has 1 unspecified atom stereocenters. The standard InChI is InChI=1S/C15H22FNO/c1-3-8-17-14(12-5-6-12)10-18-15-9-11(2)4-7-13(15)16/h4,7,9,12,14,17H,3,5-6,8,10H2,1-2H3. The molecule has 1 aromatic carbocycles. The molecule has 0 bridgehead atoms. The zero-order valence-corrected chi connectivity index (χ0v) is 11.2. The van der Waals surface area contributed by atoms with Gasteiger partial charge in [-0.3, -0.25) is 0 Å². The summed E-state index contributed by atoms with van der Waals surface area (Å²) in [6, 6.07) is 5.36. The molecular weight excluding hydrogens is 229 g/mol. The van der Waals surface area contributed by atoms with Gasteiger partial charge in [0.1, 0.15) is 6.61 Å². The van der Waals surface area contributed by atoms with Crippen molar-refractivity contribution in [3.05, 3.63) is 29.6 Å². The lowest BCUT2D eigenvalue weighted by molar-refractivity contribution is 0.240. The fourth-order valence-electron chi connectivity index (χ4n) is 2.09. The summed E-state index contributed by atoms with van der Waals surface area (Å²) in [7, 11) is 0. The maximum absolute atomic E-state index is 13.5. The van der Waals surface area contributed by atoms with Crippen molar-refractivity contribution < 1.29 is 9.13 Å². The van der Waals surface area contributed by atoms with Gasteiger partial charge in [-0.05, 0) is 56.3 Å². The van der Waals surface area contributed by atoms with Crippen molar-refractivity contribution in [2.75, 3.05) is 13.2 Å². The lowest BCUT2D eigenvalue weighted by Gasteiger charge is -2.19. The number of halogens is 1. The molecule has 3 heteroatoms. The molecule has 0 radical (unpaired) electrons. The fraction of sp³-hybridized carbons (Fsp3) is 0.600. The van der Waals surface area contributed by atoms with Gasteiger partial charge in [0.2, 0.25) is 0 Å². The first-order chi connectivity index (χ1) is 8.70. The van der Waals surface area contributed by atoms with Crippen LogP contribution in [0.25, 0.3) is 0 Å². The minimum Gasteiger partial charge on any atom is -0.489 e. The Morgan fingerprint density at radius 2 is 2.22 bits per heavy atom. The molecule has 0 aromatic heterocycles. The molecule has 1 aromatic rings. The molecule has 2 nitrogen and oxygen atoms in total. The molecule has 1 N–H and O–H groups in total. The quantitative estimate of drug-likeness (QED) is 0.803. The fourth-order valence-corrected chi connectivity index (χ4v) is 2.09. The van der Waals surface area contributed by atoms with E-state index in [9.17, 15) is 4.39 Å². The summed E-state index contributed by atoms with van der Waals surface area (Å²) in [5.41, 5.74) is 1.02. The maximum atomic E-state index is 13.5. The number of rotatable bonds is 7. The van der Waals surface area contributed by atoms with Crippen molar-refractivity contribution in [3.8, 4) is 5.75 Å². The van der Waals surface area contributed by atoms with Crippen LogP contribution in [0.2, 0.25) is 0 Å². The first-order valence-corrected chi connectivity index (χ1v) is 6.83. The average molecular weight is 251 g/mol. The number of aryl methyl sites for hydroxylation is 1. The number of ether oxygens (including phenoxy) is 1. The van der Waals surface area contributed by atoms with Gasteiger partial charge in [0, 0.05) is 6.04 Å². The van der Waals surface area contributed by atoms with Gasteiger partial charge in [0.05, 0.1) is 0 Å². The van der Waals surface area contributed by atoms with Crippen LogP contribution < -0.4 is 10.1 Å². The van der Waals surface area contributed by atoms with Gasteiger partial charge < -0.3 is 10.1 Å². The van der Waals surface area contributed by atoms with Crippen molar-refractivity contribution in [3.63, 3.8) is 0 Å². The zero-order chi connectivity index (χ0) is 13.0. The predicted octanol–water partition coefficient (Wildman–Crippen LogP) is 3.29. The van der Waals surface area contributed by atoms with Gasteiger partial charge in [0.15, 0.2) is 11.6 Å². The topological polar surface area (TPSA) is 21.3 Å². The van der Waals surface area contributed by atoms with Crippen LogP contribution in [0.4, 0.5) is 4.39 Å². The third kappa shape index (κ3) is 3.70. The second-order valence-corrected chi connectivity index (χ2v) is 5.14. The molecule has 0 heterocycles. The summed E-state index contributed by atoms with van der Waals surface area (Å²) >= 11 is 0. The summed E-state index contributed by atoms with van der Waals surface area (Å²) in [5, 5.41) is 3.49. The summed E-state index contributed by atoms with van der Waals surface area (Å²) < 4.78 is 19.2. The minimum absolute atomic E-state index is 0.273. The molecule has 0 saturated heterocycles. The molecule has 1 saturated carbocycles. The molecule has 1 aliphatic carbocycles. The van der Waals surface area contributed by atoms with Crippen molar-refractivity contribution in [1.82, 2.24) is 5.32 Å². The first-order valence-electron chi connectivity index (χ1n) is 6.83. The molecule has 0 spiro atoms. The third-order valence-corrected chi connectivity index (χ3v) is 3.35. The van der Waals surface area contributed by atoms with Crippen molar-refractivity contribution in [2.45, 2.75) is 39.2 Å². The number of hydrogen-bond acceptors (Lipinski definition) is 2. The summed E-state index contributed by atoms with van der Waals surface area (Å²) in [6.45, 7) is 5.66.